The van der Waals surface area contributed by atoms with E-state index in [1.54, 1.807) is 36.5 Å². The zero-order valence-electron chi connectivity index (χ0n) is 17.1. The average Bonchev–Trinajstić information content (AvgIpc) is 2.75. The van der Waals surface area contributed by atoms with Crippen LogP contribution in [0, 0.1) is 5.82 Å². The molecule has 1 aliphatic heterocycles. The van der Waals surface area contributed by atoms with Crippen LogP contribution in [0.5, 0.6) is 11.5 Å². The molecule has 31 heavy (non-hydrogen) atoms. The van der Waals surface area contributed by atoms with Gasteiger partial charge in [0.1, 0.15) is 18.2 Å². The number of ether oxygens (including phenoxy) is 2. The highest BCUT2D eigenvalue weighted by Gasteiger charge is 2.27. The highest BCUT2D eigenvalue weighted by atomic mass is 35.5. The molecule has 0 radical (unpaired) electrons. The lowest BCUT2D eigenvalue weighted by atomic mass is 10.1. The standard InChI is InChI=1S/C23H21ClFN3O3/c1-14(2)31-15-8-9-19(18(25)13-15)27-23(29)16-5-3-7-20-21(16)30-12-11-28(20)22-17(24)6-4-10-26-22/h3-10,13-14H,11-12H2,1-2H3,(H,27,29). The molecule has 0 fully saturated rings. The first-order chi connectivity index (χ1) is 14.9. The van der Waals surface area contributed by atoms with Gasteiger partial charge in [0.25, 0.3) is 5.91 Å². The van der Waals surface area contributed by atoms with Crippen LogP contribution in [0.2, 0.25) is 5.02 Å². The smallest absolute Gasteiger partial charge is 0.259 e. The van der Waals surface area contributed by atoms with Crippen LogP contribution in [0.3, 0.4) is 0 Å². The van der Waals surface area contributed by atoms with Crippen LogP contribution in [0.25, 0.3) is 0 Å². The molecule has 8 heteroatoms. The third kappa shape index (κ3) is 4.41. The number of anilines is 3. The summed E-state index contributed by atoms with van der Waals surface area (Å²) in [5.41, 5.74) is 1.01. The molecule has 0 atom stereocenters. The summed E-state index contributed by atoms with van der Waals surface area (Å²) >= 11 is 6.32. The molecule has 4 rings (SSSR count). The Kier molecular flexibility index (Phi) is 5.95. The molecule has 0 saturated carbocycles. The summed E-state index contributed by atoms with van der Waals surface area (Å²) in [5, 5.41) is 3.11. The van der Waals surface area contributed by atoms with Crippen molar-refractivity contribution in [1.29, 1.82) is 0 Å². The Hall–Kier alpha value is -3.32. The van der Waals surface area contributed by atoms with Crippen molar-refractivity contribution in [2.45, 2.75) is 20.0 Å². The molecule has 0 bridgehead atoms. The van der Waals surface area contributed by atoms with Crippen molar-refractivity contribution in [3.8, 4) is 11.5 Å². The number of rotatable bonds is 5. The second-order valence-electron chi connectivity index (χ2n) is 7.23. The van der Waals surface area contributed by atoms with Gasteiger partial charge in [-0.2, -0.15) is 0 Å². The molecule has 2 aromatic carbocycles. The fourth-order valence-electron chi connectivity index (χ4n) is 3.36. The van der Waals surface area contributed by atoms with Gasteiger partial charge in [-0.25, -0.2) is 9.37 Å². The zero-order chi connectivity index (χ0) is 22.0. The van der Waals surface area contributed by atoms with Gasteiger partial charge in [0, 0.05) is 12.3 Å². The third-order valence-electron chi connectivity index (χ3n) is 4.65. The van der Waals surface area contributed by atoms with Crippen LogP contribution >= 0.6 is 11.6 Å². The van der Waals surface area contributed by atoms with E-state index in [4.69, 9.17) is 21.1 Å². The molecule has 1 aromatic heterocycles. The van der Waals surface area contributed by atoms with Gasteiger partial charge in [-0.15, -0.1) is 0 Å². The number of halogens is 2. The van der Waals surface area contributed by atoms with Crippen molar-refractivity contribution in [1.82, 2.24) is 4.98 Å². The van der Waals surface area contributed by atoms with Crippen LogP contribution in [0.1, 0.15) is 24.2 Å². The maximum atomic E-state index is 14.5. The molecular weight excluding hydrogens is 421 g/mol. The van der Waals surface area contributed by atoms with Gasteiger partial charge >= 0.3 is 0 Å². The first-order valence-corrected chi connectivity index (χ1v) is 10.2. The fourth-order valence-corrected chi connectivity index (χ4v) is 3.58. The topological polar surface area (TPSA) is 63.7 Å². The van der Waals surface area contributed by atoms with Crippen molar-refractivity contribution >= 4 is 34.7 Å². The number of nitrogens with zero attached hydrogens (tertiary/aromatic N) is 2. The maximum absolute atomic E-state index is 14.5. The molecule has 1 N–H and O–H groups in total. The number of amides is 1. The number of hydrogen-bond donors (Lipinski definition) is 1. The fraction of sp³-hybridized carbons (Fsp3) is 0.217. The Morgan fingerprint density at radius 3 is 2.84 bits per heavy atom. The van der Waals surface area contributed by atoms with Gasteiger partial charge in [0.05, 0.1) is 34.6 Å². The van der Waals surface area contributed by atoms with E-state index in [0.29, 0.717) is 41.2 Å². The minimum absolute atomic E-state index is 0.0548. The average molecular weight is 442 g/mol. The Morgan fingerprint density at radius 1 is 1.26 bits per heavy atom. The summed E-state index contributed by atoms with van der Waals surface area (Å²) in [6, 6.07) is 13.0. The Balaban J connectivity index is 1.62. The molecule has 6 nitrogen and oxygen atoms in total. The van der Waals surface area contributed by atoms with Gasteiger partial charge in [0.2, 0.25) is 0 Å². The number of para-hydroxylation sites is 1. The van der Waals surface area contributed by atoms with Crippen LogP contribution in [0.4, 0.5) is 21.6 Å². The van der Waals surface area contributed by atoms with Gasteiger partial charge in [-0.05, 0) is 50.2 Å². The minimum Gasteiger partial charge on any atom is -0.491 e. The first-order valence-electron chi connectivity index (χ1n) is 9.85. The summed E-state index contributed by atoms with van der Waals surface area (Å²) in [6.07, 6.45) is 1.57. The van der Waals surface area contributed by atoms with Crippen LogP contribution in [0.15, 0.2) is 54.7 Å². The Bertz CT molecular complexity index is 1120. The van der Waals surface area contributed by atoms with E-state index in [2.05, 4.69) is 10.3 Å². The van der Waals surface area contributed by atoms with Crippen LogP contribution in [-0.2, 0) is 0 Å². The predicted molar refractivity (Wildman–Crippen MR) is 118 cm³/mol. The van der Waals surface area contributed by atoms with E-state index in [9.17, 15) is 9.18 Å². The lowest BCUT2D eigenvalue weighted by Gasteiger charge is -2.31. The van der Waals surface area contributed by atoms with Gasteiger partial charge < -0.3 is 19.7 Å². The third-order valence-corrected chi connectivity index (χ3v) is 4.94. The number of carbonyl (C=O) groups is 1. The molecular formula is C23H21ClFN3O3. The highest BCUT2D eigenvalue weighted by molar-refractivity contribution is 6.33. The van der Waals surface area contributed by atoms with E-state index < -0.39 is 11.7 Å². The summed E-state index contributed by atoms with van der Waals surface area (Å²) in [7, 11) is 0. The van der Waals surface area contributed by atoms with Crippen molar-refractivity contribution in [2.24, 2.45) is 0 Å². The van der Waals surface area contributed by atoms with E-state index in [1.807, 2.05) is 24.8 Å². The number of fused-ring (bicyclic) bond motifs is 1. The van der Waals surface area contributed by atoms with Crippen LogP contribution < -0.4 is 19.7 Å². The highest BCUT2D eigenvalue weighted by Crippen LogP contribution is 2.40. The van der Waals surface area contributed by atoms with Gasteiger partial charge in [-0.1, -0.05) is 17.7 Å². The monoisotopic (exact) mass is 441 g/mol. The quantitative estimate of drug-likeness (QED) is 0.570. The molecule has 160 valence electrons. The molecule has 1 aliphatic rings. The van der Waals surface area contributed by atoms with E-state index in [-0.39, 0.29) is 17.4 Å². The lowest BCUT2D eigenvalue weighted by Crippen LogP contribution is -2.30. The van der Waals surface area contributed by atoms with Crippen molar-refractivity contribution in [2.75, 3.05) is 23.4 Å². The molecule has 0 unspecified atom stereocenters. The predicted octanol–water partition coefficient (Wildman–Crippen LogP) is 5.44. The number of carbonyl (C=O) groups excluding carboxylic acids is 1. The number of hydrogen-bond acceptors (Lipinski definition) is 5. The SMILES string of the molecule is CC(C)Oc1ccc(NC(=O)c2cccc3c2OCCN3c2ncccc2Cl)c(F)c1. The largest absolute Gasteiger partial charge is 0.491 e. The molecule has 0 spiro atoms. The van der Waals surface area contributed by atoms with Crippen molar-refractivity contribution < 1.29 is 18.7 Å². The van der Waals surface area contributed by atoms with E-state index >= 15 is 0 Å². The van der Waals surface area contributed by atoms with E-state index in [1.165, 1.54) is 12.1 Å². The summed E-state index contributed by atoms with van der Waals surface area (Å²) in [4.78, 5) is 19.2. The Labute approximate surface area is 184 Å². The number of benzene rings is 2. The molecule has 0 aliphatic carbocycles. The first kappa shape index (κ1) is 20.9. The minimum atomic E-state index is -0.584. The molecule has 0 saturated heterocycles. The maximum Gasteiger partial charge on any atom is 0.259 e. The second-order valence-corrected chi connectivity index (χ2v) is 7.63. The van der Waals surface area contributed by atoms with Gasteiger partial charge in [-0.3, -0.25) is 4.79 Å². The molecule has 1 amide bonds. The zero-order valence-corrected chi connectivity index (χ0v) is 17.8. The van der Waals surface area contributed by atoms with Crippen molar-refractivity contribution in [3.05, 3.63) is 71.1 Å². The Morgan fingerprint density at radius 2 is 2.10 bits per heavy atom. The second kappa shape index (κ2) is 8.81. The van der Waals surface area contributed by atoms with Crippen molar-refractivity contribution in [3.63, 3.8) is 0 Å². The number of nitrogens with one attached hydrogen (secondary N) is 1. The van der Waals surface area contributed by atoms with Crippen LogP contribution in [-0.4, -0.2) is 30.1 Å². The lowest BCUT2D eigenvalue weighted by molar-refractivity contribution is 0.102. The number of aromatic nitrogens is 1. The summed E-state index contributed by atoms with van der Waals surface area (Å²) in [6.45, 7) is 4.59. The molecule has 2 heterocycles. The summed E-state index contributed by atoms with van der Waals surface area (Å²) < 4.78 is 25.8. The summed E-state index contributed by atoms with van der Waals surface area (Å²) in [5.74, 6) is 0.307. The normalized spacial score (nSPS) is 12.9. The molecule has 3 aromatic rings. The van der Waals surface area contributed by atoms with Gasteiger partial charge in [0.15, 0.2) is 11.6 Å². The van der Waals surface area contributed by atoms with E-state index in [0.717, 1.165) is 0 Å². The number of pyridine rings is 1.